The molecule has 2 aromatic rings. The number of hydrogen-bond acceptors (Lipinski definition) is 6. The van der Waals surface area contributed by atoms with Crippen LogP contribution in [0.5, 0.6) is 0 Å². The molecule has 0 radical (unpaired) electrons. The zero-order valence-corrected chi connectivity index (χ0v) is 17.3. The molecule has 30 heavy (non-hydrogen) atoms. The SMILES string of the molecule is C=CC(=O)N1CCN(c2nc(N3CCC4(CCN(c5ccccc5)C4)C3)n[nH]2)CC1. The Kier molecular flexibility index (Phi) is 4.84. The molecule has 0 bridgehead atoms. The zero-order valence-electron chi connectivity index (χ0n) is 17.3. The van der Waals surface area contributed by atoms with Gasteiger partial charge in [0, 0.05) is 63.5 Å². The first-order chi connectivity index (χ1) is 14.7. The summed E-state index contributed by atoms with van der Waals surface area (Å²) in [4.78, 5) is 25.4. The van der Waals surface area contributed by atoms with Gasteiger partial charge in [-0.05, 0) is 31.1 Å². The third-order valence-electron chi connectivity index (χ3n) is 6.81. The van der Waals surface area contributed by atoms with E-state index in [9.17, 15) is 4.79 Å². The maximum Gasteiger partial charge on any atom is 0.246 e. The molecule has 1 aromatic heterocycles. The first-order valence-corrected chi connectivity index (χ1v) is 10.8. The topological polar surface area (TPSA) is 71.6 Å². The maximum absolute atomic E-state index is 11.8. The van der Waals surface area contributed by atoms with Crippen LogP contribution in [-0.2, 0) is 4.79 Å². The van der Waals surface area contributed by atoms with Crippen LogP contribution in [-0.4, -0.2) is 78.3 Å². The monoisotopic (exact) mass is 407 g/mol. The van der Waals surface area contributed by atoms with Crippen LogP contribution >= 0.6 is 0 Å². The number of aromatic nitrogens is 3. The van der Waals surface area contributed by atoms with Gasteiger partial charge in [0.25, 0.3) is 0 Å². The lowest BCUT2D eigenvalue weighted by Gasteiger charge is -2.33. The fourth-order valence-corrected chi connectivity index (χ4v) is 5.03. The number of aromatic amines is 1. The molecule has 1 unspecified atom stereocenters. The van der Waals surface area contributed by atoms with Crippen molar-refractivity contribution >= 4 is 23.5 Å². The summed E-state index contributed by atoms with van der Waals surface area (Å²) < 4.78 is 0. The number of amides is 1. The molecule has 4 heterocycles. The van der Waals surface area contributed by atoms with Gasteiger partial charge in [0.05, 0.1) is 0 Å². The van der Waals surface area contributed by atoms with Crippen LogP contribution in [0.3, 0.4) is 0 Å². The third-order valence-corrected chi connectivity index (χ3v) is 6.81. The minimum Gasteiger partial charge on any atom is -0.371 e. The summed E-state index contributed by atoms with van der Waals surface area (Å²) in [5.41, 5.74) is 1.65. The van der Waals surface area contributed by atoms with Gasteiger partial charge in [-0.25, -0.2) is 5.10 Å². The minimum absolute atomic E-state index is 0.00335. The lowest BCUT2D eigenvalue weighted by Crippen LogP contribution is -2.48. The fourth-order valence-electron chi connectivity index (χ4n) is 5.03. The third kappa shape index (κ3) is 3.51. The molecular weight excluding hydrogens is 378 g/mol. The summed E-state index contributed by atoms with van der Waals surface area (Å²) in [5, 5.41) is 7.63. The molecule has 1 N–H and O–H groups in total. The van der Waals surface area contributed by atoms with Crippen molar-refractivity contribution < 1.29 is 4.79 Å². The van der Waals surface area contributed by atoms with Gasteiger partial charge < -0.3 is 19.6 Å². The van der Waals surface area contributed by atoms with Crippen LogP contribution in [0.15, 0.2) is 43.0 Å². The fraction of sp³-hybridized carbons (Fsp3) is 0.500. The van der Waals surface area contributed by atoms with E-state index in [4.69, 9.17) is 4.98 Å². The smallest absolute Gasteiger partial charge is 0.246 e. The van der Waals surface area contributed by atoms with E-state index in [2.05, 4.69) is 61.8 Å². The number of rotatable bonds is 4. The maximum atomic E-state index is 11.8. The van der Waals surface area contributed by atoms with Crippen molar-refractivity contribution in [3.63, 3.8) is 0 Å². The largest absolute Gasteiger partial charge is 0.371 e. The van der Waals surface area contributed by atoms with Crippen molar-refractivity contribution in [2.75, 3.05) is 67.1 Å². The Bertz CT molecular complexity index is 905. The number of piperazine rings is 1. The van der Waals surface area contributed by atoms with Crippen LogP contribution in [0.1, 0.15) is 12.8 Å². The molecule has 3 aliphatic heterocycles. The minimum atomic E-state index is -0.00335. The average Bonchev–Trinajstić information content (AvgIpc) is 3.54. The molecule has 1 atom stereocenters. The first-order valence-electron chi connectivity index (χ1n) is 10.8. The Morgan fingerprint density at radius 2 is 1.67 bits per heavy atom. The van der Waals surface area contributed by atoms with Crippen LogP contribution in [0, 0.1) is 5.41 Å². The van der Waals surface area contributed by atoms with Crippen molar-refractivity contribution in [3.05, 3.63) is 43.0 Å². The number of benzene rings is 1. The summed E-state index contributed by atoms with van der Waals surface area (Å²) in [7, 11) is 0. The molecule has 1 spiro atoms. The van der Waals surface area contributed by atoms with Gasteiger partial charge in [0.15, 0.2) is 0 Å². The van der Waals surface area contributed by atoms with E-state index in [-0.39, 0.29) is 5.91 Å². The number of hydrogen-bond donors (Lipinski definition) is 1. The summed E-state index contributed by atoms with van der Waals surface area (Å²) in [5.74, 6) is 1.59. The second-order valence-electron chi connectivity index (χ2n) is 8.65. The molecule has 0 aliphatic carbocycles. The predicted octanol–water partition coefficient (Wildman–Crippen LogP) is 1.75. The highest BCUT2D eigenvalue weighted by Crippen LogP contribution is 2.42. The summed E-state index contributed by atoms with van der Waals surface area (Å²) in [6.07, 6.45) is 3.78. The molecule has 3 aliphatic rings. The van der Waals surface area contributed by atoms with Crippen molar-refractivity contribution in [2.24, 2.45) is 5.41 Å². The molecule has 8 heteroatoms. The molecule has 0 saturated carbocycles. The van der Waals surface area contributed by atoms with Gasteiger partial charge in [-0.1, -0.05) is 24.8 Å². The second-order valence-corrected chi connectivity index (χ2v) is 8.65. The summed E-state index contributed by atoms with van der Waals surface area (Å²) >= 11 is 0. The van der Waals surface area contributed by atoms with Crippen molar-refractivity contribution in [1.82, 2.24) is 20.1 Å². The van der Waals surface area contributed by atoms with Gasteiger partial charge >= 0.3 is 0 Å². The number of nitrogens with one attached hydrogen (secondary N) is 1. The zero-order chi connectivity index (χ0) is 20.6. The molecule has 3 fully saturated rings. The number of anilines is 3. The van der Waals surface area contributed by atoms with Crippen molar-refractivity contribution in [1.29, 1.82) is 0 Å². The Labute approximate surface area is 177 Å². The summed E-state index contributed by atoms with van der Waals surface area (Å²) in [6, 6.07) is 10.7. The van der Waals surface area contributed by atoms with E-state index in [0.29, 0.717) is 18.5 Å². The molecular formula is C22H29N7O. The lowest BCUT2D eigenvalue weighted by molar-refractivity contribution is -0.126. The van der Waals surface area contributed by atoms with Gasteiger partial charge in [-0.2, -0.15) is 4.98 Å². The standard InChI is InChI=1S/C22H29N7O/c1-2-19(30)26-12-14-27(15-13-26)20-23-21(25-24-20)29-11-9-22(17-29)8-10-28(16-22)18-6-4-3-5-7-18/h2-7H,1,8-17H2,(H,23,24,25). The van der Waals surface area contributed by atoms with Crippen LogP contribution in [0.4, 0.5) is 17.6 Å². The number of nitrogens with zero attached hydrogens (tertiary/aromatic N) is 6. The van der Waals surface area contributed by atoms with Gasteiger partial charge in [0.1, 0.15) is 0 Å². The van der Waals surface area contributed by atoms with E-state index in [0.717, 1.165) is 51.2 Å². The van der Waals surface area contributed by atoms with Crippen molar-refractivity contribution in [3.8, 4) is 0 Å². The number of carbonyl (C=O) groups excluding carboxylic acids is 1. The van der Waals surface area contributed by atoms with Gasteiger partial charge in [-0.15, -0.1) is 5.10 Å². The molecule has 1 aromatic carbocycles. The van der Waals surface area contributed by atoms with Crippen molar-refractivity contribution in [2.45, 2.75) is 12.8 Å². The van der Waals surface area contributed by atoms with E-state index in [1.54, 1.807) is 0 Å². The van der Waals surface area contributed by atoms with E-state index < -0.39 is 0 Å². The van der Waals surface area contributed by atoms with Gasteiger partial charge in [-0.3, -0.25) is 4.79 Å². The van der Waals surface area contributed by atoms with E-state index >= 15 is 0 Å². The van der Waals surface area contributed by atoms with E-state index in [1.807, 2.05) is 4.90 Å². The lowest BCUT2D eigenvalue weighted by atomic mass is 9.86. The molecule has 8 nitrogen and oxygen atoms in total. The highest BCUT2D eigenvalue weighted by Gasteiger charge is 2.44. The molecule has 1 amide bonds. The van der Waals surface area contributed by atoms with Crippen LogP contribution in [0.2, 0.25) is 0 Å². The molecule has 3 saturated heterocycles. The van der Waals surface area contributed by atoms with E-state index in [1.165, 1.54) is 24.6 Å². The quantitative estimate of drug-likeness (QED) is 0.779. The second kappa shape index (κ2) is 7.66. The predicted molar refractivity (Wildman–Crippen MR) is 118 cm³/mol. The van der Waals surface area contributed by atoms with Crippen LogP contribution < -0.4 is 14.7 Å². The number of para-hydroxylation sites is 1. The Morgan fingerprint density at radius 1 is 0.967 bits per heavy atom. The number of carbonyl (C=O) groups is 1. The Hall–Kier alpha value is -3.03. The Balaban J connectivity index is 1.20. The highest BCUT2D eigenvalue weighted by atomic mass is 16.2. The van der Waals surface area contributed by atoms with Gasteiger partial charge in [0.2, 0.25) is 17.8 Å². The summed E-state index contributed by atoms with van der Waals surface area (Å²) in [6.45, 7) is 10.7. The Morgan fingerprint density at radius 3 is 2.40 bits per heavy atom. The highest BCUT2D eigenvalue weighted by molar-refractivity contribution is 5.87. The number of H-pyrrole nitrogens is 1. The average molecular weight is 408 g/mol. The molecule has 158 valence electrons. The molecule has 5 rings (SSSR count). The van der Waals surface area contributed by atoms with Crippen LogP contribution in [0.25, 0.3) is 0 Å². The normalized spacial score (nSPS) is 24.1. The first kappa shape index (κ1) is 19.0.